The number of benzene rings is 2. The highest BCUT2D eigenvalue weighted by molar-refractivity contribution is 14.0. The van der Waals surface area contributed by atoms with Crippen LogP contribution in [0.15, 0.2) is 59.6 Å². The van der Waals surface area contributed by atoms with Crippen molar-refractivity contribution in [1.82, 2.24) is 10.6 Å². The summed E-state index contributed by atoms with van der Waals surface area (Å²) in [6, 6.07) is 18.7. The van der Waals surface area contributed by atoms with E-state index in [4.69, 9.17) is 9.73 Å². The van der Waals surface area contributed by atoms with E-state index >= 15 is 0 Å². The van der Waals surface area contributed by atoms with E-state index in [-0.39, 0.29) is 24.0 Å². The zero-order chi connectivity index (χ0) is 18.0. The Morgan fingerprint density at radius 1 is 0.963 bits per heavy atom. The van der Waals surface area contributed by atoms with Gasteiger partial charge in [0.15, 0.2) is 5.96 Å². The van der Waals surface area contributed by atoms with Crippen LogP contribution in [-0.2, 0) is 24.5 Å². The average Bonchev–Trinajstić information content (AvgIpc) is 3.50. The van der Waals surface area contributed by atoms with Gasteiger partial charge in [-0.25, -0.2) is 4.99 Å². The molecule has 0 atom stereocenters. The first-order valence-electron chi connectivity index (χ1n) is 9.55. The van der Waals surface area contributed by atoms with Crippen molar-refractivity contribution in [3.05, 3.63) is 71.3 Å². The van der Waals surface area contributed by atoms with Crippen LogP contribution in [0.5, 0.6) is 0 Å². The van der Waals surface area contributed by atoms with Crippen LogP contribution in [0.25, 0.3) is 0 Å². The number of nitrogens with one attached hydrogen (secondary N) is 2. The maximum atomic E-state index is 5.91. The lowest BCUT2D eigenvalue weighted by molar-refractivity contribution is 0.106. The van der Waals surface area contributed by atoms with Gasteiger partial charge in [-0.15, -0.1) is 24.0 Å². The Balaban J connectivity index is 0.00000261. The van der Waals surface area contributed by atoms with Gasteiger partial charge in [0, 0.05) is 13.1 Å². The van der Waals surface area contributed by atoms with Gasteiger partial charge in [0.1, 0.15) is 0 Å². The largest absolute Gasteiger partial charge is 0.372 e. The Kier molecular flexibility index (Phi) is 9.62. The van der Waals surface area contributed by atoms with E-state index in [1.54, 1.807) is 0 Å². The van der Waals surface area contributed by atoms with Crippen LogP contribution in [-0.4, -0.2) is 19.0 Å². The molecule has 0 aromatic heterocycles. The molecule has 4 nitrogen and oxygen atoms in total. The van der Waals surface area contributed by atoms with Crippen molar-refractivity contribution in [3.8, 4) is 0 Å². The lowest BCUT2D eigenvalue weighted by Gasteiger charge is -2.12. The molecule has 0 spiro atoms. The quantitative estimate of drug-likeness (QED) is 0.317. The fraction of sp³-hybridized carbons (Fsp3) is 0.409. The van der Waals surface area contributed by atoms with E-state index in [0.717, 1.165) is 25.0 Å². The van der Waals surface area contributed by atoms with Crippen LogP contribution in [0.1, 0.15) is 36.5 Å². The molecular weight excluding hydrogens is 449 g/mol. The highest BCUT2D eigenvalue weighted by atomic mass is 127. The number of rotatable bonds is 9. The van der Waals surface area contributed by atoms with Crippen molar-refractivity contribution >= 4 is 29.9 Å². The first kappa shape index (κ1) is 21.7. The Bertz CT molecular complexity index is 702. The van der Waals surface area contributed by atoms with E-state index in [9.17, 15) is 0 Å². The average molecular weight is 479 g/mol. The summed E-state index contributed by atoms with van der Waals surface area (Å²) in [5.74, 6) is 1.73. The SMILES string of the molecule is CCNC(=NCc1ccccc1COCc1ccccc1)NCC1CC1.I. The summed E-state index contributed by atoms with van der Waals surface area (Å²) >= 11 is 0. The fourth-order valence-electron chi connectivity index (χ4n) is 2.77. The summed E-state index contributed by atoms with van der Waals surface area (Å²) in [7, 11) is 0. The summed E-state index contributed by atoms with van der Waals surface area (Å²) in [4.78, 5) is 4.75. The molecule has 1 aliphatic rings. The number of nitrogens with zero attached hydrogens (tertiary/aromatic N) is 1. The minimum atomic E-state index is 0. The molecule has 1 saturated carbocycles. The van der Waals surface area contributed by atoms with Crippen molar-refractivity contribution in [2.45, 2.75) is 39.5 Å². The highest BCUT2D eigenvalue weighted by Crippen LogP contribution is 2.27. The van der Waals surface area contributed by atoms with Gasteiger partial charge >= 0.3 is 0 Å². The van der Waals surface area contributed by atoms with Gasteiger partial charge < -0.3 is 15.4 Å². The van der Waals surface area contributed by atoms with E-state index in [2.05, 4.69) is 54.0 Å². The lowest BCUT2D eigenvalue weighted by atomic mass is 10.1. The molecule has 146 valence electrons. The van der Waals surface area contributed by atoms with E-state index < -0.39 is 0 Å². The van der Waals surface area contributed by atoms with E-state index in [1.165, 1.54) is 29.5 Å². The molecule has 0 heterocycles. The lowest BCUT2D eigenvalue weighted by Crippen LogP contribution is -2.38. The Labute approximate surface area is 179 Å². The van der Waals surface area contributed by atoms with Crippen LogP contribution in [0, 0.1) is 5.92 Å². The van der Waals surface area contributed by atoms with Crippen LogP contribution in [0.2, 0.25) is 0 Å². The third kappa shape index (κ3) is 7.89. The number of hydrogen-bond donors (Lipinski definition) is 2. The summed E-state index contributed by atoms with van der Waals surface area (Å²) < 4.78 is 5.91. The Morgan fingerprint density at radius 3 is 2.37 bits per heavy atom. The minimum Gasteiger partial charge on any atom is -0.372 e. The van der Waals surface area contributed by atoms with Crippen LogP contribution >= 0.6 is 24.0 Å². The second-order valence-corrected chi connectivity index (χ2v) is 6.77. The number of halogens is 1. The zero-order valence-corrected chi connectivity index (χ0v) is 18.3. The maximum absolute atomic E-state index is 5.91. The molecule has 1 aliphatic carbocycles. The monoisotopic (exact) mass is 479 g/mol. The summed E-state index contributed by atoms with van der Waals surface area (Å²) in [5.41, 5.74) is 3.61. The molecule has 2 aromatic rings. The second kappa shape index (κ2) is 12.0. The number of guanidine groups is 1. The molecule has 0 saturated heterocycles. The minimum absolute atomic E-state index is 0. The number of hydrogen-bond acceptors (Lipinski definition) is 2. The number of ether oxygens (including phenoxy) is 1. The molecule has 2 N–H and O–H groups in total. The smallest absolute Gasteiger partial charge is 0.191 e. The fourth-order valence-corrected chi connectivity index (χ4v) is 2.77. The molecular formula is C22H30IN3O. The first-order chi connectivity index (χ1) is 12.8. The van der Waals surface area contributed by atoms with Gasteiger partial charge in [-0.1, -0.05) is 54.6 Å². The maximum Gasteiger partial charge on any atom is 0.191 e. The van der Waals surface area contributed by atoms with Crippen molar-refractivity contribution in [3.63, 3.8) is 0 Å². The van der Waals surface area contributed by atoms with E-state index in [0.29, 0.717) is 19.8 Å². The van der Waals surface area contributed by atoms with Gasteiger partial charge in [0.05, 0.1) is 19.8 Å². The summed E-state index contributed by atoms with van der Waals surface area (Å²) in [6.45, 7) is 5.88. The second-order valence-electron chi connectivity index (χ2n) is 6.77. The van der Waals surface area contributed by atoms with Gasteiger partial charge in [0.25, 0.3) is 0 Å². The Morgan fingerprint density at radius 2 is 1.67 bits per heavy atom. The van der Waals surface area contributed by atoms with Crippen LogP contribution in [0.3, 0.4) is 0 Å². The highest BCUT2D eigenvalue weighted by Gasteiger charge is 2.21. The van der Waals surface area contributed by atoms with Crippen molar-refractivity contribution in [2.75, 3.05) is 13.1 Å². The topological polar surface area (TPSA) is 45.7 Å². The first-order valence-corrected chi connectivity index (χ1v) is 9.55. The third-order valence-electron chi connectivity index (χ3n) is 4.49. The summed E-state index contributed by atoms with van der Waals surface area (Å²) in [6.07, 6.45) is 2.68. The predicted octanol–water partition coefficient (Wildman–Crippen LogP) is 4.49. The van der Waals surface area contributed by atoms with Crippen molar-refractivity contribution in [2.24, 2.45) is 10.9 Å². The molecule has 0 bridgehead atoms. The van der Waals surface area contributed by atoms with Gasteiger partial charge in [-0.05, 0) is 42.4 Å². The Hall–Kier alpha value is -1.60. The summed E-state index contributed by atoms with van der Waals surface area (Å²) in [5, 5.41) is 6.77. The van der Waals surface area contributed by atoms with Crippen LogP contribution < -0.4 is 10.6 Å². The van der Waals surface area contributed by atoms with Crippen molar-refractivity contribution < 1.29 is 4.74 Å². The zero-order valence-electron chi connectivity index (χ0n) is 16.0. The third-order valence-corrected chi connectivity index (χ3v) is 4.49. The van der Waals surface area contributed by atoms with Crippen molar-refractivity contribution in [1.29, 1.82) is 0 Å². The van der Waals surface area contributed by atoms with Gasteiger partial charge in [0.2, 0.25) is 0 Å². The van der Waals surface area contributed by atoms with E-state index in [1.807, 2.05) is 18.2 Å². The molecule has 1 fully saturated rings. The van der Waals surface area contributed by atoms with Crippen LogP contribution in [0.4, 0.5) is 0 Å². The standard InChI is InChI=1S/C22H29N3O.HI/c1-2-23-22(24-14-18-12-13-18)25-15-20-10-6-7-11-21(20)17-26-16-19-8-4-3-5-9-19;/h3-11,18H,2,12-17H2,1H3,(H2,23,24,25);1H. The molecule has 3 rings (SSSR count). The number of aliphatic imine (C=N–C) groups is 1. The molecule has 27 heavy (non-hydrogen) atoms. The van der Waals surface area contributed by atoms with Gasteiger partial charge in [-0.2, -0.15) is 0 Å². The normalized spacial score (nSPS) is 13.7. The molecule has 0 amide bonds. The van der Waals surface area contributed by atoms with Gasteiger partial charge in [-0.3, -0.25) is 0 Å². The molecule has 0 unspecified atom stereocenters. The molecule has 0 radical (unpaired) electrons. The predicted molar refractivity (Wildman–Crippen MR) is 122 cm³/mol. The molecule has 5 heteroatoms. The molecule has 2 aromatic carbocycles. The molecule has 0 aliphatic heterocycles.